The summed E-state index contributed by atoms with van der Waals surface area (Å²) in [5, 5.41) is 2.17. The van der Waals surface area contributed by atoms with E-state index in [2.05, 4.69) is 5.32 Å². The minimum absolute atomic E-state index is 0.0719. The lowest BCUT2D eigenvalue weighted by atomic mass is 10.1. The fraction of sp³-hybridized carbons (Fsp3) is 0.308. The predicted octanol–water partition coefficient (Wildman–Crippen LogP) is 0.402. The van der Waals surface area contributed by atoms with Gasteiger partial charge in [-0.25, -0.2) is 0 Å². The van der Waals surface area contributed by atoms with Crippen LogP contribution in [0.15, 0.2) is 18.2 Å². The molecule has 1 fully saturated rings. The van der Waals surface area contributed by atoms with E-state index in [1.54, 1.807) is 12.1 Å². The number of amides is 3. The first-order chi connectivity index (χ1) is 8.45. The van der Waals surface area contributed by atoms with Crippen LogP contribution in [0, 0.1) is 13.8 Å². The summed E-state index contributed by atoms with van der Waals surface area (Å²) >= 11 is 0. The normalized spacial score (nSPS) is 15.6. The number of piperazine rings is 1. The molecule has 94 valence electrons. The van der Waals surface area contributed by atoms with Gasteiger partial charge in [-0.2, -0.15) is 0 Å². The Bertz CT molecular complexity index is 501. The van der Waals surface area contributed by atoms with Gasteiger partial charge in [0.2, 0.25) is 11.8 Å². The zero-order valence-electron chi connectivity index (χ0n) is 10.3. The largest absolute Gasteiger partial charge is 0.320 e. The third-order valence-electron chi connectivity index (χ3n) is 2.70. The van der Waals surface area contributed by atoms with Gasteiger partial charge in [0, 0.05) is 5.56 Å². The Kier molecular flexibility index (Phi) is 3.14. The number of benzene rings is 1. The minimum atomic E-state index is -0.441. The summed E-state index contributed by atoms with van der Waals surface area (Å²) in [4.78, 5) is 35.9. The first-order valence-corrected chi connectivity index (χ1v) is 5.66. The molecule has 3 amide bonds. The summed E-state index contributed by atoms with van der Waals surface area (Å²) in [6.07, 6.45) is 0. The fourth-order valence-electron chi connectivity index (χ4n) is 2.06. The van der Waals surface area contributed by atoms with Crippen molar-refractivity contribution in [2.45, 2.75) is 13.8 Å². The van der Waals surface area contributed by atoms with Gasteiger partial charge in [-0.3, -0.25) is 19.7 Å². The molecule has 5 heteroatoms. The second-order valence-electron chi connectivity index (χ2n) is 4.51. The molecule has 0 bridgehead atoms. The topological polar surface area (TPSA) is 66.5 Å². The van der Waals surface area contributed by atoms with Crippen LogP contribution >= 0.6 is 0 Å². The smallest absolute Gasteiger partial charge is 0.254 e. The van der Waals surface area contributed by atoms with Gasteiger partial charge in [0.25, 0.3) is 5.91 Å². The number of rotatable bonds is 1. The van der Waals surface area contributed by atoms with Crippen LogP contribution in [-0.2, 0) is 9.59 Å². The Morgan fingerprint density at radius 3 is 2.06 bits per heavy atom. The lowest BCUT2D eigenvalue weighted by Crippen LogP contribution is -2.53. The molecule has 0 saturated carbocycles. The molecular weight excluding hydrogens is 232 g/mol. The van der Waals surface area contributed by atoms with E-state index in [1.807, 2.05) is 19.9 Å². The van der Waals surface area contributed by atoms with Crippen LogP contribution in [-0.4, -0.2) is 35.7 Å². The molecule has 0 atom stereocenters. The summed E-state index contributed by atoms with van der Waals surface area (Å²) in [5.41, 5.74) is 2.47. The molecule has 1 aliphatic heterocycles. The number of carbonyl (C=O) groups is 3. The highest BCUT2D eigenvalue weighted by Crippen LogP contribution is 2.12. The fourth-order valence-corrected chi connectivity index (χ4v) is 2.06. The van der Waals surface area contributed by atoms with Crippen LogP contribution in [0.4, 0.5) is 0 Å². The number of hydrogen-bond acceptors (Lipinski definition) is 3. The van der Waals surface area contributed by atoms with Gasteiger partial charge < -0.3 is 4.90 Å². The molecule has 1 aliphatic rings. The van der Waals surface area contributed by atoms with E-state index in [0.717, 1.165) is 11.1 Å². The Balaban J connectivity index is 2.25. The average molecular weight is 246 g/mol. The second kappa shape index (κ2) is 4.60. The zero-order chi connectivity index (χ0) is 13.3. The third kappa shape index (κ3) is 2.56. The van der Waals surface area contributed by atoms with Crippen molar-refractivity contribution in [2.75, 3.05) is 13.1 Å². The van der Waals surface area contributed by atoms with Crippen molar-refractivity contribution in [1.29, 1.82) is 0 Å². The van der Waals surface area contributed by atoms with Gasteiger partial charge in [0.1, 0.15) is 13.1 Å². The van der Waals surface area contributed by atoms with Crippen LogP contribution in [0.25, 0.3) is 0 Å². The van der Waals surface area contributed by atoms with Crippen molar-refractivity contribution < 1.29 is 14.4 Å². The molecule has 0 radical (unpaired) electrons. The lowest BCUT2D eigenvalue weighted by molar-refractivity contribution is -0.135. The molecule has 2 rings (SSSR count). The number of hydrogen-bond donors (Lipinski definition) is 1. The predicted molar refractivity (Wildman–Crippen MR) is 65.0 cm³/mol. The molecule has 18 heavy (non-hydrogen) atoms. The van der Waals surface area contributed by atoms with E-state index in [0.29, 0.717) is 5.56 Å². The summed E-state index contributed by atoms with van der Waals surface area (Å²) in [5.74, 6) is -1.17. The van der Waals surface area contributed by atoms with E-state index in [-0.39, 0.29) is 19.0 Å². The molecule has 0 aromatic heterocycles. The maximum atomic E-state index is 12.2. The van der Waals surface area contributed by atoms with E-state index >= 15 is 0 Å². The van der Waals surface area contributed by atoms with E-state index in [1.165, 1.54) is 4.90 Å². The maximum absolute atomic E-state index is 12.2. The number of aryl methyl sites for hydroxylation is 2. The summed E-state index contributed by atoms with van der Waals surface area (Å²) in [6, 6.07) is 5.48. The molecule has 0 unspecified atom stereocenters. The van der Waals surface area contributed by atoms with E-state index < -0.39 is 11.8 Å². The molecule has 0 aliphatic carbocycles. The standard InChI is InChI=1S/C13H14N2O3/c1-8-3-9(2)5-10(4-8)13(18)15-6-11(16)14-12(17)7-15/h3-5H,6-7H2,1-2H3,(H,14,16,17). The molecule has 1 saturated heterocycles. The van der Waals surface area contributed by atoms with Crippen LogP contribution in [0.1, 0.15) is 21.5 Å². The number of imide groups is 1. The summed E-state index contributed by atoms with van der Waals surface area (Å²) < 4.78 is 0. The molecule has 5 nitrogen and oxygen atoms in total. The van der Waals surface area contributed by atoms with Gasteiger partial charge >= 0.3 is 0 Å². The minimum Gasteiger partial charge on any atom is -0.320 e. The zero-order valence-corrected chi connectivity index (χ0v) is 10.3. The highest BCUT2D eigenvalue weighted by Gasteiger charge is 2.27. The maximum Gasteiger partial charge on any atom is 0.254 e. The second-order valence-corrected chi connectivity index (χ2v) is 4.51. The molecule has 1 aromatic carbocycles. The number of carbonyl (C=O) groups excluding carboxylic acids is 3. The molecule has 1 N–H and O–H groups in total. The van der Waals surface area contributed by atoms with E-state index in [4.69, 9.17) is 0 Å². The van der Waals surface area contributed by atoms with Crippen molar-refractivity contribution >= 4 is 17.7 Å². The molecule has 1 aromatic rings. The SMILES string of the molecule is Cc1cc(C)cc(C(=O)N2CC(=O)NC(=O)C2)c1. The van der Waals surface area contributed by atoms with Crippen molar-refractivity contribution in [2.24, 2.45) is 0 Å². The van der Waals surface area contributed by atoms with Gasteiger partial charge in [-0.15, -0.1) is 0 Å². The Hall–Kier alpha value is -2.17. The molecular formula is C13H14N2O3. The highest BCUT2D eigenvalue weighted by atomic mass is 16.2. The Labute approximate surface area is 105 Å². The molecule has 0 spiro atoms. The van der Waals surface area contributed by atoms with Crippen molar-refractivity contribution in [1.82, 2.24) is 10.2 Å². The lowest BCUT2D eigenvalue weighted by Gasteiger charge is -2.25. The quantitative estimate of drug-likeness (QED) is 0.729. The van der Waals surface area contributed by atoms with Crippen LogP contribution < -0.4 is 5.32 Å². The first-order valence-electron chi connectivity index (χ1n) is 5.66. The third-order valence-corrected chi connectivity index (χ3v) is 2.70. The van der Waals surface area contributed by atoms with Gasteiger partial charge in [0.15, 0.2) is 0 Å². The first kappa shape index (κ1) is 12.3. The van der Waals surface area contributed by atoms with Crippen molar-refractivity contribution in [3.63, 3.8) is 0 Å². The van der Waals surface area contributed by atoms with Gasteiger partial charge in [-0.1, -0.05) is 17.2 Å². The number of nitrogens with one attached hydrogen (secondary N) is 1. The monoisotopic (exact) mass is 246 g/mol. The van der Waals surface area contributed by atoms with Crippen LogP contribution in [0.2, 0.25) is 0 Å². The highest BCUT2D eigenvalue weighted by molar-refractivity contribution is 6.05. The summed E-state index contributed by atoms with van der Waals surface area (Å²) in [7, 11) is 0. The number of nitrogens with zero attached hydrogens (tertiary/aromatic N) is 1. The van der Waals surface area contributed by atoms with Gasteiger partial charge in [0.05, 0.1) is 0 Å². The molecule has 1 heterocycles. The Morgan fingerprint density at radius 1 is 1.06 bits per heavy atom. The Morgan fingerprint density at radius 2 is 1.56 bits per heavy atom. The summed E-state index contributed by atoms with van der Waals surface area (Å²) in [6.45, 7) is 3.66. The van der Waals surface area contributed by atoms with E-state index in [9.17, 15) is 14.4 Å². The average Bonchev–Trinajstić information content (AvgIpc) is 2.25. The van der Waals surface area contributed by atoms with Crippen molar-refractivity contribution in [3.8, 4) is 0 Å². The van der Waals surface area contributed by atoms with Gasteiger partial charge in [-0.05, 0) is 26.0 Å². The van der Waals surface area contributed by atoms with Crippen LogP contribution in [0.5, 0.6) is 0 Å². The van der Waals surface area contributed by atoms with Crippen molar-refractivity contribution in [3.05, 3.63) is 34.9 Å². The van der Waals surface area contributed by atoms with Crippen LogP contribution in [0.3, 0.4) is 0 Å².